The smallest absolute Gasteiger partial charge is 0.299 e. The molecule has 2 aromatic rings. The molecule has 0 atom stereocenters. The van der Waals surface area contributed by atoms with E-state index in [0.717, 1.165) is 4.90 Å². The number of benzene rings is 2. The van der Waals surface area contributed by atoms with Gasteiger partial charge < -0.3 is 5.32 Å². The SMILES string of the molecule is O=C(CN1C(=O)C(=O)c2cc(Cl)ccc21)Nc1ccc(F)cc1. The molecule has 0 aromatic heterocycles. The van der Waals surface area contributed by atoms with Crippen molar-refractivity contribution < 1.29 is 18.8 Å². The standard InChI is InChI=1S/C16H10ClFN2O3/c17-9-1-6-13-12(7-9)15(22)16(23)20(13)8-14(21)19-11-4-2-10(18)3-5-11/h1-7H,8H2,(H,19,21). The summed E-state index contributed by atoms with van der Waals surface area (Å²) < 4.78 is 12.8. The number of Topliss-reactive ketones (excluding diaryl/α,β-unsaturated/α-hetero) is 1. The molecule has 1 heterocycles. The molecule has 116 valence electrons. The van der Waals surface area contributed by atoms with E-state index in [-0.39, 0.29) is 12.1 Å². The van der Waals surface area contributed by atoms with Gasteiger partial charge in [0.05, 0.1) is 11.3 Å². The van der Waals surface area contributed by atoms with E-state index in [0.29, 0.717) is 16.4 Å². The molecule has 2 aromatic carbocycles. The van der Waals surface area contributed by atoms with Gasteiger partial charge >= 0.3 is 0 Å². The zero-order chi connectivity index (χ0) is 16.6. The Morgan fingerprint density at radius 1 is 1.13 bits per heavy atom. The van der Waals surface area contributed by atoms with Crippen LogP contribution in [0, 0.1) is 5.82 Å². The zero-order valence-electron chi connectivity index (χ0n) is 11.7. The topological polar surface area (TPSA) is 66.5 Å². The average Bonchev–Trinajstić information content (AvgIpc) is 2.74. The van der Waals surface area contributed by atoms with Gasteiger partial charge in [0.15, 0.2) is 0 Å². The average molecular weight is 333 g/mol. The highest BCUT2D eigenvalue weighted by molar-refractivity contribution is 6.53. The predicted molar refractivity (Wildman–Crippen MR) is 83.2 cm³/mol. The third-order valence-corrected chi connectivity index (χ3v) is 3.60. The minimum Gasteiger partial charge on any atom is -0.325 e. The Hall–Kier alpha value is -2.73. The molecule has 0 saturated heterocycles. The van der Waals surface area contributed by atoms with Gasteiger partial charge in [-0.05, 0) is 42.5 Å². The number of carbonyl (C=O) groups excluding carboxylic acids is 3. The van der Waals surface area contributed by atoms with Crippen molar-refractivity contribution in [2.24, 2.45) is 0 Å². The molecule has 0 unspecified atom stereocenters. The summed E-state index contributed by atoms with van der Waals surface area (Å²) in [5, 5.41) is 2.87. The summed E-state index contributed by atoms with van der Waals surface area (Å²) in [4.78, 5) is 37.1. The number of carbonyl (C=O) groups is 3. The maximum Gasteiger partial charge on any atom is 0.299 e. The highest BCUT2D eigenvalue weighted by Gasteiger charge is 2.36. The van der Waals surface area contributed by atoms with Gasteiger partial charge in [-0.3, -0.25) is 19.3 Å². The number of nitrogens with one attached hydrogen (secondary N) is 1. The lowest BCUT2D eigenvalue weighted by Crippen LogP contribution is -2.37. The maximum atomic E-state index is 12.8. The molecule has 5 nitrogen and oxygen atoms in total. The monoisotopic (exact) mass is 332 g/mol. The third kappa shape index (κ3) is 2.93. The number of hydrogen-bond donors (Lipinski definition) is 1. The number of rotatable bonds is 3. The van der Waals surface area contributed by atoms with Crippen molar-refractivity contribution >= 4 is 40.6 Å². The molecule has 7 heteroatoms. The first-order valence-corrected chi connectivity index (χ1v) is 7.04. The molecule has 3 rings (SSSR count). The Labute approximate surface area is 135 Å². The number of nitrogens with zero attached hydrogens (tertiary/aromatic N) is 1. The van der Waals surface area contributed by atoms with Crippen LogP contribution in [0.5, 0.6) is 0 Å². The first-order chi connectivity index (χ1) is 11.0. The fourth-order valence-electron chi connectivity index (χ4n) is 2.31. The van der Waals surface area contributed by atoms with Crippen LogP contribution in [0.1, 0.15) is 10.4 Å². The van der Waals surface area contributed by atoms with Crippen molar-refractivity contribution in [3.05, 3.63) is 58.9 Å². The summed E-state index contributed by atoms with van der Waals surface area (Å²) >= 11 is 5.82. The Morgan fingerprint density at radius 3 is 2.52 bits per heavy atom. The van der Waals surface area contributed by atoms with Crippen molar-refractivity contribution in [2.45, 2.75) is 0 Å². The summed E-state index contributed by atoms with van der Waals surface area (Å²) in [5.74, 6) is -2.40. The molecule has 0 saturated carbocycles. The van der Waals surface area contributed by atoms with Crippen LogP contribution >= 0.6 is 11.6 Å². The fraction of sp³-hybridized carbons (Fsp3) is 0.0625. The van der Waals surface area contributed by atoms with Crippen molar-refractivity contribution in [3.8, 4) is 0 Å². The number of halogens is 2. The lowest BCUT2D eigenvalue weighted by Gasteiger charge is -2.16. The third-order valence-electron chi connectivity index (χ3n) is 3.36. The molecule has 23 heavy (non-hydrogen) atoms. The van der Waals surface area contributed by atoms with Gasteiger partial charge in [-0.2, -0.15) is 0 Å². The fourth-order valence-corrected chi connectivity index (χ4v) is 2.48. The van der Waals surface area contributed by atoms with Crippen LogP contribution in [0.4, 0.5) is 15.8 Å². The van der Waals surface area contributed by atoms with E-state index >= 15 is 0 Å². The molecule has 0 spiro atoms. The van der Waals surface area contributed by atoms with Gasteiger partial charge in [0, 0.05) is 10.7 Å². The van der Waals surface area contributed by atoms with Gasteiger partial charge in [-0.1, -0.05) is 11.6 Å². The van der Waals surface area contributed by atoms with E-state index in [1.165, 1.54) is 42.5 Å². The quantitative estimate of drug-likeness (QED) is 0.879. The second-order valence-corrected chi connectivity index (χ2v) is 5.37. The highest BCUT2D eigenvalue weighted by atomic mass is 35.5. The van der Waals surface area contributed by atoms with E-state index in [1.807, 2.05) is 0 Å². The summed E-state index contributed by atoms with van der Waals surface area (Å²) in [6.45, 7) is -0.323. The lowest BCUT2D eigenvalue weighted by atomic mass is 10.1. The Bertz CT molecular complexity index is 821. The van der Waals surface area contributed by atoms with Gasteiger partial charge in [0.25, 0.3) is 11.7 Å². The van der Waals surface area contributed by atoms with E-state index in [9.17, 15) is 18.8 Å². The van der Waals surface area contributed by atoms with Crippen molar-refractivity contribution in [3.63, 3.8) is 0 Å². The van der Waals surface area contributed by atoms with Crippen LogP contribution in [0.3, 0.4) is 0 Å². The number of fused-ring (bicyclic) bond motifs is 1. The molecular formula is C16H10ClFN2O3. The Kier molecular flexibility index (Phi) is 3.83. The van der Waals surface area contributed by atoms with Crippen LogP contribution in [0.25, 0.3) is 0 Å². The van der Waals surface area contributed by atoms with E-state index in [1.54, 1.807) is 0 Å². The second-order valence-electron chi connectivity index (χ2n) is 4.94. The molecule has 0 aliphatic carbocycles. The lowest BCUT2D eigenvalue weighted by molar-refractivity contribution is -0.118. The normalized spacial score (nSPS) is 13.2. The van der Waals surface area contributed by atoms with Crippen LogP contribution in [-0.4, -0.2) is 24.1 Å². The van der Waals surface area contributed by atoms with E-state index in [2.05, 4.69) is 5.32 Å². The first kappa shape index (κ1) is 15.2. The second kappa shape index (κ2) is 5.81. The zero-order valence-corrected chi connectivity index (χ0v) is 12.4. The first-order valence-electron chi connectivity index (χ1n) is 6.67. The molecular weight excluding hydrogens is 323 g/mol. The van der Waals surface area contributed by atoms with Crippen LogP contribution in [0.2, 0.25) is 5.02 Å². The Morgan fingerprint density at radius 2 is 1.83 bits per heavy atom. The van der Waals surface area contributed by atoms with Crippen molar-refractivity contribution in [2.75, 3.05) is 16.8 Å². The van der Waals surface area contributed by atoms with Gasteiger partial charge in [0.2, 0.25) is 5.91 Å². The molecule has 0 bridgehead atoms. The van der Waals surface area contributed by atoms with E-state index < -0.39 is 23.4 Å². The molecule has 0 fully saturated rings. The Balaban J connectivity index is 1.78. The van der Waals surface area contributed by atoms with Crippen molar-refractivity contribution in [1.29, 1.82) is 0 Å². The predicted octanol–water partition coefficient (Wildman–Crippen LogP) is 2.65. The minimum atomic E-state index is -0.781. The van der Waals surface area contributed by atoms with Crippen LogP contribution in [0.15, 0.2) is 42.5 Å². The van der Waals surface area contributed by atoms with Gasteiger partial charge in [-0.25, -0.2) is 4.39 Å². The molecule has 1 aliphatic heterocycles. The summed E-state index contributed by atoms with van der Waals surface area (Å²) in [6, 6.07) is 9.67. The van der Waals surface area contributed by atoms with E-state index in [4.69, 9.17) is 11.6 Å². The summed E-state index contributed by atoms with van der Waals surface area (Å²) in [6.07, 6.45) is 0. The number of amides is 2. The van der Waals surface area contributed by atoms with Crippen LogP contribution < -0.4 is 10.2 Å². The minimum absolute atomic E-state index is 0.178. The number of ketones is 1. The van der Waals surface area contributed by atoms with Crippen LogP contribution in [-0.2, 0) is 9.59 Å². The molecule has 1 N–H and O–H groups in total. The number of anilines is 2. The summed E-state index contributed by atoms with van der Waals surface area (Å²) in [5.41, 5.74) is 0.918. The van der Waals surface area contributed by atoms with Crippen molar-refractivity contribution in [1.82, 2.24) is 0 Å². The number of hydrogen-bond acceptors (Lipinski definition) is 3. The molecule has 1 aliphatic rings. The molecule has 0 radical (unpaired) electrons. The largest absolute Gasteiger partial charge is 0.325 e. The summed E-state index contributed by atoms with van der Waals surface area (Å²) in [7, 11) is 0. The van der Waals surface area contributed by atoms with Gasteiger partial charge in [0.1, 0.15) is 12.4 Å². The highest BCUT2D eigenvalue weighted by Crippen LogP contribution is 2.31. The molecule has 2 amide bonds. The van der Waals surface area contributed by atoms with Gasteiger partial charge in [-0.15, -0.1) is 0 Å². The maximum absolute atomic E-state index is 12.8.